The zero-order valence-corrected chi connectivity index (χ0v) is 11.8. The first kappa shape index (κ1) is 15.7. The zero-order chi connectivity index (χ0) is 15.6. The first-order valence-corrected chi connectivity index (χ1v) is 6.98. The van der Waals surface area contributed by atoms with Crippen LogP contribution in [0.5, 0.6) is 0 Å². The van der Waals surface area contributed by atoms with E-state index in [4.69, 9.17) is 5.11 Å². The van der Waals surface area contributed by atoms with Gasteiger partial charge in [-0.1, -0.05) is 12.8 Å². The number of alkyl halides is 3. The molecule has 1 aliphatic rings. The number of carbonyl (C=O) groups is 1. The molecular formula is C15H18F3NO2. The van der Waals surface area contributed by atoms with E-state index >= 15 is 0 Å². The third kappa shape index (κ3) is 3.68. The highest BCUT2D eigenvalue weighted by atomic mass is 19.4. The number of hydrogen-bond donors (Lipinski definition) is 2. The number of anilines is 1. The van der Waals surface area contributed by atoms with E-state index in [2.05, 4.69) is 5.32 Å². The van der Waals surface area contributed by atoms with Crippen molar-refractivity contribution in [2.45, 2.75) is 38.8 Å². The molecule has 1 aromatic rings. The first-order chi connectivity index (χ1) is 9.79. The van der Waals surface area contributed by atoms with Crippen molar-refractivity contribution in [3.8, 4) is 0 Å². The summed E-state index contributed by atoms with van der Waals surface area (Å²) in [4.78, 5) is 11.1. The summed E-state index contributed by atoms with van der Waals surface area (Å²) in [6, 6.07) is 1.69. The van der Waals surface area contributed by atoms with Crippen molar-refractivity contribution in [3.05, 3.63) is 28.8 Å². The second kappa shape index (κ2) is 5.95. The lowest BCUT2D eigenvalue weighted by Crippen LogP contribution is -2.15. The van der Waals surface area contributed by atoms with Gasteiger partial charge in [0.2, 0.25) is 0 Å². The highest BCUT2D eigenvalue weighted by Crippen LogP contribution is 2.34. The molecule has 0 aromatic heterocycles. The Morgan fingerprint density at radius 1 is 1.33 bits per heavy atom. The molecule has 1 aromatic carbocycles. The number of nitrogens with one attached hydrogen (secondary N) is 1. The Balaban J connectivity index is 2.29. The molecule has 116 valence electrons. The summed E-state index contributed by atoms with van der Waals surface area (Å²) >= 11 is 0. The highest BCUT2D eigenvalue weighted by Gasteiger charge is 2.32. The van der Waals surface area contributed by atoms with Gasteiger partial charge < -0.3 is 10.4 Å². The maximum absolute atomic E-state index is 12.9. The molecule has 1 aliphatic carbocycles. The number of hydrogen-bond acceptors (Lipinski definition) is 2. The number of benzene rings is 1. The maximum Gasteiger partial charge on any atom is 0.416 e. The van der Waals surface area contributed by atoms with Gasteiger partial charge in [0, 0.05) is 12.2 Å². The van der Waals surface area contributed by atoms with E-state index in [9.17, 15) is 18.0 Å². The third-order valence-electron chi connectivity index (χ3n) is 4.02. The van der Waals surface area contributed by atoms with Crippen molar-refractivity contribution in [2.75, 3.05) is 11.9 Å². The van der Waals surface area contributed by atoms with Crippen molar-refractivity contribution in [1.82, 2.24) is 0 Å². The van der Waals surface area contributed by atoms with Gasteiger partial charge >= 0.3 is 12.1 Å². The lowest BCUT2D eigenvalue weighted by molar-refractivity contribution is -0.137. The van der Waals surface area contributed by atoms with Gasteiger partial charge in [0.05, 0.1) is 11.1 Å². The molecule has 1 saturated carbocycles. The number of halogens is 3. The minimum Gasteiger partial charge on any atom is -0.478 e. The summed E-state index contributed by atoms with van der Waals surface area (Å²) < 4.78 is 38.6. The number of carboxylic acids is 1. The van der Waals surface area contributed by atoms with Crippen molar-refractivity contribution in [2.24, 2.45) is 5.92 Å². The average Bonchev–Trinajstić information content (AvgIpc) is 2.88. The maximum atomic E-state index is 12.9. The number of carboxylic acid groups (broad SMARTS) is 1. The Morgan fingerprint density at radius 2 is 1.95 bits per heavy atom. The normalized spacial score (nSPS) is 16.2. The van der Waals surface area contributed by atoms with Gasteiger partial charge in [-0.05, 0) is 43.4 Å². The molecule has 2 rings (SSSR count). The molecule has 3 nitrogen and oxygen atoms in total. The fraction of sp³-hybridized carbons (Fsp3) is 0.533. The van der Waals surface area contributed by atoms with Crippen LogP contribution in [-0.4, -0.2) is 17.6 Å². The quantitative estimate of drug-likeness (QED) is 0.871. The van der Waals surface area contributed by atoms with Crippen LogP contribution in [0.2, 0.25) is 0 Å². The zero-order valence-electron chi connectivity index (χ0n) is 11.8. The van der Waals surface area contributed by atoms with Crippen LogP contribution in [0.3, 0.4) is 0 Å². The minimum absolute atomic E-state index is 0.258. The highest BCUT2D eigenvalue weighted by molar-refractivity contribution is 5.91. The van der Waals surface area contributed by atoms with Crippen LogP contribution in [0.1, 0.15) is 47.2 Å². The SMILES string of the molecule is Cc1c(NCC2CCCC2)cc(C(F)(F)F)cc1C(=O)O. The third-order valence-corrected chi connectivity index (χ3v) is 4.02. The second-order valence-electron chi connectivity index (χ2n) is 5.53. The molecule has 0 saturated heterocycles. The molecule has 0 unspecified atom stereocenters. The summed E-state index contributed by atoms with van der Waals surface area (Å²) in [6.45, 7) is 2.11. The summed E-state index contributed by atoms with van der Waals surface area (Å²) in [5, 5.41) is 12.1. The molecule has 0 atom stereocenters. The topological polar surface area (TPSA) is 49.3 Å². The van der Waals surface area contributed by atoms with Crippen molar-refractivity contribution >= 4 is 11.7 Å². The second-order valence-corrected chi connectivity index (χ2v) is 5.53. The van der Waals surface area contributed by atoms with Gasteiger partial charge in [-0.3, -0.25) is 0 Å². The van der Waals surface area contributed by atoms with Crippen LogP contribution in [0.4, 0.5) is 18.9 Å². The average molecular weight is 301 g/mol. The van der Waals surface area contributed by atoms with Crippen LogP contribution in [0.25, 0.3) is 0 Å². The van der Waals surface area contributed by atoms with E-state index in [1.165, 1.54) is 6.92 Å². The molecular weight excluding hydrogens is 283 g/mol. The smallest absolute Gasteiger partial charge is 0.416 e. The molecule has 0 radical (unpaired) electrons. The molecule has 2 N–H and O–H groups in total. The van der Waals surface area contributed by atoms with E-state index in [1.807, 2.05) is 0 Å². The molecule has 1 fully saturated rings. The van der Waals surface area contributed by atoms with Crippen LogP contribution >= 0.6 is 0 Å². The van der Waals surface area contributed by atoms with Crippen LogP contribution < -0.4 is 5.32 Å². The van der Waals surface area contributed by atoms with E-state index in [1.54, 1.807) is 0 Å². The first-order valence-electron chi connectivity index (χ1n) is 6.98. The Bertz CT molecular complexity index is 534. The lowest BCUT2D eigenvalue weighted by Gasteiger charge is -2.17. The summed E-state index contributed by atoms with van der Waals surface area (Å²) in [5.41, 5.74) is -0.638. The van der Waals surface area contributed by atoms with E-state index < -0.39 is 17.7 Å². The van der Waals surface area contributed by atoms with Gasteiger partial charge in [0.25, 0.3) is 0 Å². The molecule has 0 amide bonds. The van der Waals surface area contributed by atoms with Gasteiger partial charge in [0.1, 0.15) is 0 Å². The number of aromatic carboxylic acids is 1. The van der Waals surface area contributed by atoms with Gasteiger partial charge in [-0.15, -0.1) is 0 Å². The molecule has 6 heteroatoms. The predicted octanol–water partition coefficient (Wildman–Crippen LogP) is 4.31. The van der Waals surface area contributed by atoms with E-state index in [0.29, 0.717) is 24.1 Å². The molecule has 0 heterocycles. The Morgan fingerprint density at radius 3 is 2.48 bits per heavy atom. The summed E-state index contributed by atoms with van der Waals surface area (Å²) in [6.07, 6.45) is -0.127. The Kier molecular flexibility index (Phi) is 4.44. The van der Waals surface area contributed by atoms with Crippen LogP contribution in [0, 0.1) is 12.8 Å². The largest absolute Gasteiger partial charge is 0.478 e. The summed E-state index contributed by atoms with van der Waals surface area (Å²) in [7, 11) is 0. The van der Waals surface area contributed by atoms with Crippen molar-refractivity contribution < 1.29 is 23.1 Å². The molecule has 21 heavy (non-hydrogen) atoms. The van der Waals surface area contributed by atoms with E-state index in [-0.39, 0.29) is 11.3 Å². The Labute approximate surface area is 121 Å². The summed E-state index contributed by atoms with van der Waals surface area (Å²) in [5.74, 6) is -0.894. The fourth-order valence-corrected chi connectivity index (χ4v) is 2.75. The fourth-order valence-electron chi connectivity index (χ4n) is 2.75. The van der Waals surface area contributed by atoms with Crippen molar-refractivity contribution in [1.29, 1.82) is 0 Å². The van der Waals surface area contributed by atoms with Gasteiger partial charge in [0.15, 0.2) is 0 Å². The molecule has 0 bridgehead atoms. The van der Waals surface area contributed by atoms with E-state index in [0.717, 1.165) is 31.7 Å². The lowest BCUT2D eigenvalue weighted by atomic mass is 10.0. The monoisotopic (exact) mass is 301 g/mol. The Hall–Kier alpha value is -1.72. The number of rotatable bonds is 4. The minimum atomic E-state index is -4.55. The molecule has 0 aliphatic heterocycles. The van der Waals surface area contributed by atoms with Crippen molar-refractivity contribution in [3.63, 3.8) is 0 Å². The van der Waals surface area contributed by atoms with Crippen LogP contribution in [-0.2, 0) is 6.18 Å². The predicted molar refractivity (Wildman–Crippen MR) is 73.6 cm³/mol. The van der Waals surface area contributed by atoms with Crippen LogP contribution in [0.15, 0.2) is 12.1 Å². The standard InChI is InChI=1S/C15H18F3NO2/c1-9-12(14(20)21)6-11(15(16,17)18)7-13(9)19-8-10-4-2-3-5-10/h6-7,10,19H,2-5,8H2,1H3,(H,20,21). The van der Waals surface area contributed by atoms with Gasteiger partial charge in [-0.25, -0.2) is 4.79 Å². The molecule has 0 spiro atoms. The van der Waals surface area contributed by atoms with Gasteiger partial charge in [-0.2, -0.15) is 13.2 Å².